The molecule has 0 aliphatic rings. The highest BCUT2D eigenvalue weighted by atomic mass is 35.5. The van der Waals surface area contributed by atoms with Crippen molar-refractivity contribution < 1.29 is 14.3 Å². The van der Waals surface area contributed by atoms with E-state index in [2.05, 4.69) is 11.1 Å². The minimum atomic E-state index is -0.147. The Hall–Kier alpha value is -2.83. The molecule has 2 heterocycles. The molecule has 29 heavy (non-hydrogen) atoms. The molecule has 0 aliphatic carbocycles. The van der Waals surface area contributed by atoms with Gasteiger partial charge in [0.05, 0.1) is 30.3 Å². The first-order valence-corrected chi connectivity index (χ1v) is 10.1. The SMILES string of the molecule is COc1ccc(N(C)C(=O)c2cc3c(Cl)nc4ccc(C)cc4c3s2)c(OC)c1. The summed E-state index contributed by atoms with van der Waals surface area (Å²) in [5.74, 6) is 1.07. The van der Waals surface area contributed by atoms with Gasteiger partial charge in [0.15, 0.2) is 0 Å². The molecule has 0 spiro atoms. The second-order valence-electron chi connectivity index (χ2n) is 6.68. The van der Waals surface area contributed by atoms with Crippen LogP contribution >= 0.6 is 22.9 Å². The Morgan fingerprint density at radius 2 is 1.86 bits per heavy atom. The minimum Gasteiger partial charge on any atom is -0.497 e. The number of aromatic nitrogens is 1. The zero-order valence-electron chi connectivity index (χ0n) is 16.4. The van der Waals surface area contributed by atoms with Crippen LogP contribution in [0.3, 0.4) is 0 Å². The highest BCUT2D eigenvalue weighted by Crippen LogP contribution is 2.38. The molecule has 5 nitrogen and oxygen atoms in total. The molecular formula is C22H19ClN2O3S. The molecule has 2 aromatic carbocycles. The van der Waals surface area contributed by atoms with Crippen molar-refractivity contribution >= 4 is 55.5 Å². The zero-order chi connectivity index (χ0) is 20.7. The van der Waals surface area contributed by atoms with Gasteiger partial charge in [-0.3, -0.25) is 4.79 Å². The lowest BCUT2D eigenvalue weighted by molar-refractivity contribution is 0.0996. The number of carbonyl (C=O) groups excluding carboxylic acids is 1. The molecule has 148 valence electrons. The summed E-state index contributed by atoms with van der Waals surface area (Å²) >= 11 is 7.83. The maximum Gasteiger partial charge on any atom is 0.268 e. The van der Waals surface area contributed by atoms with Gasteiger partial charge >= 0.3 is 0 Å². The van der Waals surface area contributed by atoms with Crippen molar-refractivity contribution in [3.63, 3.8) is 0 Å². The smallest absolute Gasteiger partial charge is 0.268 e. The summed E-state index contributed by atoms with van der Waals surface area (Å²) in [6.07, 6.45) is 0. The highest BCUT2D eigenvalue weighted by molar-refractivity contribution is 7.22. The second kappa shape index (κ2) is 7.54. The maximum absolute atomic E-state index is 13.2. The normalized spacial score (nSPS) is 11.1. The van der Waals surface area contributed by atoms with E-state index >= 15 is 0 Å². The van der Waals surface area contributed by atoms with Crippen LogP contribution in [0.4, 0.5) is 5.69 Å². The standard InChI is InChI=1S/C22H19ClN2O3S/c1-12-5-7-16-14(9-12)20-15(21(23)24-16)11-19(29-20)22(26)25(2)17-8-6-13(27-3)10-18(17)28-4/h5-11H,1-4H3. The average molecular weight is 427 g/mol. The van der Waals surface area contributed by atoms with Gasteiger partial charge in [0.1, 0.15) is 16.7 Å². The lowest BCUT2D eigenvalue weighted by Gasteiger charge is -2.19. The summed E-state index contributed by atoms with van der Waals surface area (Å²) in [4.78, 5) is 19.9. The number of anilines is 1. The van der Waals surface area contributed by atoms with E-state index < -0.39 is 0 Å². The third-order valence-electron chi connectivity index (χ3n) is 4.83. The molecule has 0 radical (unpaired) electrons. The first kappa shape index (κ1) is 19.5. The second-order valence-corrected chi connectivity index (χ2v) is 8.09. The molecule has 0 saturated carbocycles. The topological polar surface area (TPSA) is 51.7 Å². The number of benzene rings is 2. The summed E-state index contributed by atoms with van der Waals surface area (Å²) in [7, 11) is 4.87. The highest BCUT2D eigenvalue weighted by Gasteiger charge is 2.21. The molecule has 0 atom stereocenters. The van der Waals surface area contributed by atoms with Crippen LogP contribution in [0.5, 0.6) is 11.5 Å². The number of fused-ring (bicyclic) bond motifs is 3. The molecule has 0 bridgehead atoms. The summed E-state index contributed by atoms with van der Waals surface area (Å²) in [5.41, 5.74) is 2.60. The predicted octanol–water partition coefficient (Wildman–Crippen LogP) is 5.71. The van der Waals surface area contributed by atoms with Crippen LogP contribution in [0.1, 0.15) is 15.2 Å². The van der Waals surface area contributed by atoms with Crippen LogP contribution in [-0.4, -0.2) is 32.2 Å². The molecule has 0 unspecified atom stereocenters. The Kier molecular flexibility index (Phi) is 5.06. The van der Waals surface area contributed by atoms with Gasteiger partial charge in [-0.25, -0.2) is 4.98 Å². The number of halogens is 1. The van der Waals surface area contributed by atoms with Crippen molar-refractivity contribution in [3.05, 3.63) is 58.1 Å². The van der Waals surface area contributed by atoms with Gasteiger partial charge in [-0.05, 0) is 37.3 Å². The van der Waals surface area contributed by atoms with E-state index in [-0.39, 0.29) is 5.91 Å². The van der Waals surface area contributed by atoms with E-state index in [1.54, 1.807) is 44.4 Å². The van der Waals surface area contributed by atoms with Crippen molar-refractivity contribution in [1.29, 1.82) is 0 Å². The van der Waals surface area contributed by atoms with Crippen LogP contribution in [-0.2, 0) is 0 Å². The van der Waals surface area contributed by atoms with Crippen LogP contribution in [0, 0.1) is 6.92 Å². The lowest BCUT2D eigenvalue weighted by Crippen LogP contribution is -2.25. The van der Waals surface area contributed by atoms with E-state index in [1.165, 1.54) is 11.3 Å². The van der Waals surface area contributed by atoms with Crippen molar-refractivity contribution in [2.45, 2.75) is 6.92 Å². The largest absolute Gasteiger partial charge is 0.497 e. The first-order chi connectivity index (χ1) is 13.9. The van der Waals surface area contributed by atoms with E-state index in [4.69, 9.17) is 21.1 Å². The summed E-state index contributed by atoms with van der Waals surface area (Å²) in [6, 6.07) is 13.2. The van der Waals surface area contributed by atoms with Crippen molar-refractivity contribution in [3.8, 4) is 11.5 Å². The number of hydrogen-bond acceptors (Lipinski definition) is 5. The molecule has 7 heteroatoms. The van der Waals surface area contributed by atoms with E-state index in [9.17, 15) is 4.79 Å². The number of pyridine rings is 1. The number of hydrogen-bond donors (Lipinski definition) is 0. The van der Waals surface area contributed by atoms with Gasteiger partial charge in [-0.1, -0.05) is 23.2 Å². The zero-order valence-corrected chi connectivity index (χ0v) is 18.0. The van der Waals surface area contributed by atoms with Gasteiger partial charge < -0.3 is 14.4 Å². The average Bonchev–Trinajstić information content (AvgIpc) is 3.19. The third kappa shape index (κ3) is 3.39. The molecule has 0 fully saturated rings. The molecule has 0 N–H and O–H groups in total. The van der Waals surface area contributed by atoms with Crippen LogP contribution in [0.25, 0.3) is 21.0 Å². The quantitative estimate of drug-likeness (QED) is 0.392. The van der Waals surface area contributed by atoms with Crippen molar-refractivity contribution in [2.75, 3.05) is 26.2 Å². The van der Waals surface area contributed by atoms with Crippen LogP contribution in [0.2, 0.25) is 5.15 Å². The number of aryl methyl sites for hydroxylation is 1. The summed E-state index contributed by atoms with van der Waals surface area (Å²) in [6.45, 7) is 2.03. The molecule has 1 amide bonds. The number of nitrogens with zero attached hydrogens (tertiary/aromatic N) is 2. The fourth-order valence-electron chi connectivity index (χ4n) is 3.28. The number of methoxy groups -OCH3 is 2. The Balaban J connectivity index is 1.80. The Morgan fingerprint density at radius 1 is 1.07 bits per heavy atom. The number of thiophene rings is 1. The van der Waals surface area contributed by atoms with Crippen molar-refractivity contribution in [1.82, 2.24) is 4.98 Å². The van der Waals surface area contributed by atoms with E-state index in [0.29, 0.717) is 27.2 Å². The maximum atomic E-state index is 13.2. The molecule has 2 aromatic heterocycles. The summed E-state index contributed by atoms with van der Waals surface area (Å²) < 4.78 is 11.6. The van der Waals surface area contributed by atoms with Gasteiger partial charge in [0.2, 0.25) is 0 Å². The Morgan fingerprint density at radius 3 is 2.59 bits per heavy atom. The van der Waals surface area contributed by atoms with E-state index in [0.717, 1.165) is 26.6 Å². The lowest BCUT2D eigenvalue weighted by atomic mass is 10.1. The van der Waals surface area contributed by atoms with Crippen LogP contribution < -0.4 is 14.4 Å². The van der Waals surface area contributed by atoms with E-state index in [1.807, 2.05) is 25.1 Å². The molecular weight excluding hydrogens is 408 g/mol. The van der Waals surface area contributed by atoms with Crippen molar-refractivity contribution in [2.24, 2.45) is 0 Å². The van der Waals surface area contributed by atoms with Gasteiger partial charge in [-0.15, -0.1) is 11.3 Å². The number of ether oxygens (including phenoxy) is 2. The molecule has 0 aliphatic heterocycles. The molecule has 4 rings (SSSR count). The van der Waals surface area contributed by atoms with Gasteiger partial charge in [0.25, 0.3) is 5.91 Å². The third-order valence-corrected chi connectivity index (χ3v) is 6.28. The number of rotatable bonds is 4. The predicted molar refractivity (Wildman–Crippen MR) is 119 cm³/mol. The fraction of sp³-hybridized carbons (Fsp3) is 0.182. The Bertz CT molecular complexity index is 1250. The number of amides is 1. The number of carbonyl (C=O) groups is 1. The minimum absolute atomic E-state index is 0.147. The van der Waals surface area contributed by atoms with Gasteiger partial charge in [-0.2, -0.15) is 0 Å². The first-order valence-electron chi connectivity index (χ1n) is 8.92. The fourth-order valence-corrected chi connectivity index (χ4v) is 4.74. The molecule has 4 aromatic rings. The monoisotopic (exact) mass is 426 g/mol. The van der Waals surface area contributed by atoms with Crippen LogP contribution in [0.15, 0.2) is 42.5 Å². The van der Waals surface area contributed by atoms with Gasteiger partial charge in [0, 0.05) is 28.6 Å². The summed E-state index contributed by atoms with van der Waals surface area (Å²) in [5, 5.41) is 2.18. The Labute approximate surface area is 177 Å². The molecule has 0 saturated heterocycles.